The zero-order valence-corrected chi connectivity index (χ0v) is 9.45. The zero-order valence-electron chi connectivity index (χ0n) is 7.87. The third kappa shape index (κ3) is 1.85. The van der Waals surface area contributed by atoms with Gasteiger partial charge in [0.15, 0.2) is 5.54 Å². The number of hydrogen-bond donors (Lipinski definition) is 2. The highest BCUT2D eigenvalue weighted by molar-refractivity contribution is 9.10. The van der Waals surface area contributed by atoms with Gasteiger partial charge in [-0.05, 0) is 28.1 Å². The number of ether oxygens (including phenoxy) is 1. The number of nitrogens with one attached hydrogen (secondary N) is 1. The van der Waals surface area contributed by atoms with Crippen molar-refractivity contribution in [3.8, 4) is 0 Å². The molecular formula is C10H10BrNO3. The molecule has 15 heavy (non-hydrogen) atoms. The Morgan fingerprint density at radius 1 is 1.47 bits per heavy atom. The number of carboxylic acids is 1. The predicted molar refractivity (Wildman–Crippen MR) is 59.0 cm³/mol. The van der Waals surface area contributed by atoms with Gasteiger partial charge in [0.05, 0.1) is 13.2 Å². The molecule has 1 saturated heterocycles. The van der Waals surface area contributed by atoms with Crippen molar-refractivity contribution in [2.45, 2.75) is 5.54 Å². The van der Waals surface area contributed by atoms with Crippen LogP contribution >= 0.6 is 15.9 Å². The van der Waals surface area contributed by atoms with Gasteiger partial charge in [0, 0.05) is 10.2 Å². The highest BCUT2D eigenvalue weighted by atomic mass is 79.9. The number of aliphatic carboxylic acids is 1. The topological polar surface area (TPSA) is 58.6 Å². The second-order valence-corrected chi connectivity index (χ2v) is 4.34. The summed E-state index contributed by atoms with van der Waals surface area (Å²) in [6.45, 7) is 0.396. The molecule has 0 bridgehead atoms. The number of carboxylic acid groups (broad SMARTS) is 1. The first-order chi connectivity index (χ1) is 7.14. The van der Waals surface area contributed by atoms with Gasteiger partial charge in [-0.2, -0.15) is 0 Å². The monoisotopic (exact) mass is 271 g/mol. The van der Waals surface area contributed by atoms with Gasteiger partial charge in [-0.1, -0.05) is 12.1 Å². The van der Waals surface area contributed by atoms with E-state index in [1.54, 1.807) is 0 Å². The van der Waals surface area contributed by atoms with Crippen LogP contribution in [0.4, 0.5) is 5.69 Å². The Bertz CT molecular complexity index is 390. The summed E-state index contributed by atoms with van der Waals surface area (Å²) in [5.41, 5.74) is -0.202. The Morgan fingerprint density at radius 3 is 2.60 bits per heavy atom. The summed E-state index contributed by atoms with van der Waals surface area (Å²) >= 11 is 3.36. The largest absolute Gasteiger partial charge is 0.479 e. The van der Waals surface area contributed by atoms with Crippen LogP contribution in [0.2, 0.25) is 0 Å². The minimum Gasteiger partial charge on any atom is -0.479 e. The van der Waals surface area contributed by atoms with Crippen molar-refractivity contribution in [3.63, 3.8) is 0 Å². The third-order valence-corrected chi connectivity index (χ3v) is 3.05. The van der Waals surface area contributed by atoms with Crippen LogP contribution in [-0.2, 0) is 9.53 Å². The Labute approximate surface area is 95.4 Å². The summed E-state index contributed by atoms with van der Waals surface area (Å²) in [6, 6.07) is 7.41. The van der Waals surface area contributed by atoms with E-state index in [1.807, 2.05) is 24.3 Å². The Morgan fingerprint density at radius 2 is 2.13 bits per heavy atom. The van der Waals surface area contributed by atoms with Gasteiger partial charge in [-0.3, -0.25) is 0 Å². The molecule has 0 atom stereocenters. The van der Waals surface area contributed by atoms with Crippen molar-refractivity contribution in [3.05, 3.63) is 28.7 Å². The first kappa shape index (κ1) is 10.4. The van der Waals surface area contributed by atoms with Crippen molar-refractivity contribution in [1.82, 2.24) is 0 Å². The van der Waals surface area contributed by atoms with E-state index >= 15 is 0 Å². The van der Waals surface area contributed by atoms with Gasteiger partial charge < -0.3 is 15.2 Å². The summed E-state index contributed by atoms with van der Waals surface area (Å²) in [4.78, 5) is 11.1. The van der Waals surface area contributed by atoms with Gasteiger partial charge in [0.2, 0.25) is 0 Å². The Hall–Kier alpha value is -1.07. The number of para-hydroxylation sites is 1. The van der Waals surface area contributed by atoms with E-state index in [2.05, 4.69) is 21.2 Å². The SMILES string of the molecule is O=C(O)C1(Nc2ccccc2Br)COC1. The summed E-state index contributed by atoms with van der Waals surface area (Å²) in [5.74, 6) is -0.885. The number of benzene rings is 1. The predicted octanol–water partition coefficient (Wildman–Crippen LogP) is 1.71. The highest BCUT2D eigenvalue weighted by Crippen LogP contribution is 2.28. The van der Waals surface area contributed by atoms with Crippen LogP contribution in [0.25, 0.3) is 0 Å². The molecule has 1 aliphatic rings. The molecule has 0 amide bonds. The molecule has 4 nitrogen and oxygen atoms in total. The fourth-order valence-electron chi connectivity index (χ4n) is 1.38. The van der Waals surface area contributed by atoms with Gasteiger partial charge in [-0.15, -0.1) is 0 Å². The van der Waals surface area contributed by atoms with Crippen LogP contribution in [-0.4, -0.2) is 29.8 Å². The van der Waals surface area contributed by atoms with E-state index in [4.69, 9.17) is 9.84 Å². The first-order valence-corrected chi connectivity index (χ1v) is 5.27. The van der Waals surface area contributed by atoms with Crippen LogP contribution in [0.3, 0.4) is 0 Å². The molecule has 0 aliphatic carbocycles. The van der Waals surface area contributed by atoms with Crippen LogP contribution in [0.5, 0.6) is 0 Å². The van der Waals surface area contributed by atoms with E-state index in [1.165, 1.54) is 0 Å². The minimum atomic E-state index is -0.968. The molecule has 0 saturated carbocycles. The number of anilines is 1. The van der Waals surface area contributed by atoms with E-state index < -0.39 is 11.5 Å². The summed E-state index contributed by atoms with van der Waals surface area (Å²) in [5, 5.41) is 12.1. The fourth-order valence-corrected chi connectivity index (χ4v) is 1.76. The third-order valence-electron chi connectivity index (χ3n) is 2.35. The van der Waals surface area contributed by atoms with E-state index in [0.29, 0.717) is 0 Å². The molecule has 2 N–H and O–H groups in total. The smallest absolute Gasteiger partial charge is 0.334 e. The zero-order chi connectivity index (χ0) is 10.9. The normalized spacial score (nSPS) is 17.9. The number of rotatable bonds is 3. The van der Waals surface area contributed by atoms with E-state index in [9.17, 15) is 4.79 Å². The van der Waals surface area contributed by atoms with Gasteiger partial charge in [-0.25, -0.2) is 4.79 Å². The molecule has 0 spiro atoms. The van der Waals surface area contributed by atoms with Crippen LogP contribution in [0.15, 0.2) is 28.7 Å². The second-order valence-electron chi connectivity index (χ2n) is 3.48. The maximum atomic E-state index is 11.1. The fraction of sp³-hybridized carbons (Fsp3) is 0.300. The summed E-state index contributed by atoms with van der Waals surface area (Å²) in [7, 11) is 0. The molecular weight excluding hydrogens is 262 g/mol. The Balaban J connectivity index is 2.21. The summed E-state index contributed by atoms with van der Waals surface area (Å²) in [6.07, 6.45) is 0. The molecule has 1 heterocycles. The molecule has 0 aromatic heterocycles. The lowest BCUT2D eigenvalue weighted by Gasteiger charge is -2.38. The highest BCUT2D eigenvalue weighted by Gasteiger charge is 2.46. The van der Waals surface area contributed by atoms with Crippen LogP contribution in [0, 0.1) is 0 Å². The van der Waals surface area contributed by atoms with Crippen molar-refractivity contribution >= 4 is 27.6 Å². The lowest BCUT2D eigenvalue weighted by Crippen LogP contribution is -2.61. The molecule has 1 aliphatic heterocycles. The lowest BCUT2D eigenvalue weighted by atomic mass is 9.97. The van der Waals surface area contributed by atoms with Crippen LogP contribution < -0.4 is 5.32 Å². The van der Waals surface area contributed by atoms with E-state index in [0.717, 1.165) is 10.2 Å². The van der Waals surface area contributed by atoms with Crippen molar-refractivity contribution < 1.29 is 14.6 Å². The average molecular weight is 272 g/mol. The van der Waals surface area contributed by atoms with Gasteiger partial charge in [0.1, 0.15) is 0 Å². The van der Waals surface area contributed by atoms with Crippen molar-refractivity contribution in [2.75, 3.05) is 18.5 Å². The number of halogens is 1. The summed E-state index contributed by atoms with van der Waals surface area (Å²) < 4.78 is 5.80. The molecule has 1 fully saturated rings. The first-order valence-electron chi connectivity index (χ1n) is 4.48. The molecule has 0 radical (unpaired) electrons. The van der Waals surface area contributed by atoms with E-state index in [-0.39, 0.29) is 13.2 Å². The number of carbonyl (C=O) groups is 1. The molecule has 1 aromatic carbocycles. The maximum absolute atomic E-state index is 11.1. The van der Waals surface area contributed by atoms with Crippen molar-refractivity contribution in [2.24, 2.45) is 0 Å². The standard InChI is InChI=1S/C10H10BrNO3/c11-7-3-1-2-4-8(7)12-10(9(13)14)5-15-6-10/h1-4,12H,5-6H2,(H,13,14). The minimum absolute atomic E-state index is 0.198. The quantitative estimate of drug-likeness (QED) is 0.879. The van der Waals surface area contributed by atoms with Crippen LogP contribution in [0.1, 0.15) is 0 Å². The molecule has 80 valence electrons. The molecule has 1 aromatic rings. The Kier molecular flexibility index (Phi) is 2.67. The maximum Gasteiger partial charge on any atom is 0.334 e. The number of hydrogen-bond acceptors (Lipinski definition) is 3. The molecule has 5 heteroatoms. The van der Waals surface area contributed by atoms with Gasteiger partial charge >= 0.3 is 5.97 Å². The van der Waals surface area contributed by atoms with Crippen molar-refractivity contribution in [1.29, 1.82) is 0 Å². The second kappa shape index (κ2) is 3.83. The lowest BCUT2D eigenvalue weighted by molar-refractivity contribution is -0.158. The average Bonchev–Trinajstić information content (AvgIpc) is 2.13. The van der Waals surface area contributed by atoms with Gasteiger partial charge in [0.25, 0.3) is 0 Å². The molecule has 2 rings (SSSR count). The molecule has 0 unspecified atom stereocenters.